The van der Waals surface area contributed by atoms with Crippen LogP contribution in [0, 0.1) is 11.8 Å². The summed E-state index contributed by atoms with van der Waals surface area (Å²) < 4.78 is 0. The average Bonchev–Trinajstić information content (AvgIpc) is 2.45. The molecule has 0 aromatic heterocycles. The van der Waals surface area contributed by atoms with Gasteiger partial charge in [-0.25, -0.2) is 0 Å². The number of carbonyl (C=O) groups is 1. The van der Waals surface area contributed by atoms with E-state index in [9.17, 15) is 4.79 Å². The molecule has 21 heavy (non-hydrogen) atoms. The van der Waals surface area contributed by atoms with E-state index in [1.807, 2.05) is 6.92 Å². The van der Waals surface area contributed by atoms with E-state index in [2.05, 4.69) is 43.2 Å². The van der Waals surface area contributed by atoms with Crippen molar-refractivity contribution in [1.82, 2.24) is 15.5 Å². The first-order valence-electron chi connectivity index (χ1n) is 8.70. The highest BCUT2D eigenvalue weighted by atomic mass is 16.2. The van der Waals surface area contributed by atoms with Crippen LogP contribution in [0.4, 0.5) is 0 Å². The molecule has 1 aliphatic rings. The third kappa shape index (κ3) is 6.79. The smallest absolute Gasteiger partial charge is 0.236 e. The Balaban J connectivity index is 2.37. The van der Waals surface area contributed by atoms with Gasteiger partial charge in [-0.05, 0) is 58.0 Å². The monoisotopic (exact) mass is 297 g/mol. The van der Waals surface area contributed by atoms with Gasteiger partial charge < -0.3 is 15.5 Å². The van der Waals surface area contributed by atoms with Crippen molar-refractivity contribution in [2.75, 3.05) is 26.2 Å². The summed E-state index contributed by atoms with van der Waals surface area (Å²) in [6.07, 6.45) is 3.78. The van der Waals surface area contributed by atoms with Crippen molar-refractivity contribution in [3.05, 3.63) is 0 Å². The standard InChI is InChI=1S/C17H35N3O/c1-6-9-20-10-7-8-16(12-20)14(4)19-15(5)17(21)18-11-13(2)3/h13-16,19H,6-12H2,1-5H3,(H,18,21). The fourth-order valence-electron chi connectivity index (χ4n) is 3.08. The minimum absolute atomic E-state index is 0.111. The number of hydrogen-bond acceptors (Lipinski definition) is 3. The Bertz CT molecular complexity index is 304. The number of amides is 1. The third-order valence-electron chi connectivity index (χ3n) is 4.38. The van der Waals surface area contributed by atoms with Crippen LogP contribution in [0.1, 0.15) is 53.9 Å². The lowest BCUT2D eigenvalue weighted by atomic mass is 9.91. The summed E-state index contributed by atoms with van der Waals surface area (Å²) in [4.78, 5) is 14.6. The van der Waals surface area contributed by atoms with Gasteiger partial charge in [0.15, 0.2) is 0 Å². The number of hydrogen-bond donors (Lipinski definition) is 2. The summed E-state index contributed by atoms with van der Waals surface area (Å²) in [5.74, 6) is 1.28. The fraction of sp³-hybridized carbons (Fsp3) is 0.941. The molecule has 2 N–H and O–H groups in total. The van der Waals surface area contributed by atoms with Gasteiger partial charge in [0.2, 0.25) is 5.91 Å². The predicted octanol–water partition coefficient (Wildman–Crippen LogP) is 2.25. The minimum Gasteiger partial charge on any atom is -0.354 e. The van der Waals surface area contributed by atoms with E-state index >= 15 is 0 Å². The Morgan fingerprint density at radius 3 is 2.62 bits per heavy atom. The Labute approximate surface area is 131 Å². The zero-order valence-corrected chi connectivity index (χ0v) is 14.6. The highest BCUT2D eigenvalue weighted by molar-refractivity contribution is 5.81. The highest BCUT2D eigenvalue weighted by Gasteiger charge is 2.26. The van der Waals surface area contributed by atoms with Crippen molar-refractivity contribution < 1.29 is 4.79 Å². The van der Waals surface area contributed by atoms with Gasteiger partial charge in [-0.2, -0.15) is 0 Å². The SMILES string of the molecule is CCCN1CCCC(C(C)NC(C)C(=O)NCC(C)C)C1. The summed E-state index contributed by atoms with van der Waals surface area (Å²) in [7, 11) is 0. The minimum atomic E-state index is -0.111. The molecule has 1 amide bonds. The number of piperidine rings is 1. The van der Waals surface area contributed by atoms with Crippen LogP contribution in [0.5, 0.6) is 0 Å². The molecule has 124 valence electrons. The van der Waals surface area contributed by atoms with E-state index in [1.54, 1.807) is 0 Å². The first kappa shape index (κ1) is 18.4. The van der Waals surface area contributed by atoms with E-state index in [1.165, 1.54) is 38.9 Å². The van der Waals surface area contributed by atoms with Gasteiger partial charge in [-0.1, -0.05) is 20.8 Å². The van der Waals surface area contributed by atoms with Crippen molar-refractivity contribution >= 4 is 5.91 Å². The van der Waals surface area contributed by atoms with Gasteiger partial charge in [0.05, 0.1) is 6.04 Å². The van der Waals surface area contributed by atoms with Gasteiger partial charge in [0, 0.05) is 19.1 Å². The molecule has 0 saturated carbocycles. The maximum absolute atomic E-state index is 12.0. The second-order valence-corrected chi connectivity index (χ2v) is 7.02. The van der Waals surface area contributed by atoms with Crippen molar-refractivity contribution in [2.45, 2.75) is 66.0 Å². The van der Waals surface area contributed by atoms with Crippen LogP contribution in [-0.2, 0) is 4.79 Å². The van der Waals surface area contributed by atoms with Crippen LogP contribution in [0.3, 0.4) is 0 Å². The first-order chi connectivity index (χ1) is 9.93. The van der Waals surface area contributed by atoms with E-state index < -0.39 is 0 Å². The topological polar surface area (TPSA) is 44.4 Å². The van der Waals surface area contributed by atoms with Crippen LogP contribution in [0.25, 0.3) is 0 Å². The van der Waals surface area contributed by atoms with E-state index in [0.29, 0.717) is 17.9 Å². The molecule has 0 aromatic carbocycles. The summed E-state index contributed by atoms with van der Waals surface area (Å²) in [6.45, 7) is 15.0. The van der Waals surface area contributed by atoms with Crippen molar-refractivity contribution in [3.8, 4) is 0 Å². The number of rotatable bonds is 8. The van der Waals surface area contributed by atoms with Gasteiger partial charge >= 0.3 is 0 Å². The fourth-order valence-corrected chi connectivity index (χ4v) is 3.08. The molecule has 1 fully saturated rings. The molecule has 3 unspecified atom stereocenters. The number of nitrogens with zero attached hydrogens (tertiary/aromatic N) is 1. The van der Waals surface area contributed by atoms with E-state index in [4.69, 9.17) is 0 Å². The molecule has 0 bridgehead atoms. The van der Waals surface area contributed by atoms with Crippen LogP contribution in [0.15, 0.2) is 0 Å². The Morgan fingerprint density at radius 2 is 2.00 bits per heavy atom. The van der Waals surface area contributed by atoms with Crippen molar-refractivity contribution in [1.29, 1.82) is 0 Å². The quantitative estimate of drug-likeness (QED) is 0.722. The summed E-state index contributed by atoms with van der Waals surface area (Å²) in [6, 6.07) is 0.282. The van der Waals surface area contributed by atoms with E-state index in [-0.39, 0.29) is 11.9 Å². The number of carbonyl (C=O) groups excluding carboxylic acids is 1. The molecule has 1 aliphatic heterocycles. The largest absolute Gasteiger partial charge is 0.354 e. The Morgan fingerprint density at radius 1 is 1.29 bits per heavy atom. The zero-order valence-electron chi connectivity index (χ0n) is 14.6. The number of likely N-dealkylation sites (tertiary alicyclic amines) is 1. The molecule has 0 aliphatic carbocycles. The lowest BCUT2D eigenvalue weighted by Crippen LogP contribution is -2.51. The molecule has 0 spiro atoms. The van der Waals surface area contributed by atoms with Crippen LogP contribution in [-0.4, -0.2) is 49.1 Å². The lowest BCUT2D eigenvalue weighted by molar-refractivity contribution is -0.123. The van der Waals surface area contributed by atoms with Crippen LogP contribution >= 0.6 is 0 Å². The third-order valence-corrected chi connectivity index (χ3v) is 4.38. The normalized spacial score (nSPS) is 23.0. The molecule has 0 aromatic rings. The van der Waals surface area contributed by atoms with Gasteiger partial charge in [0.1, 0.15) is 0 Å². The van der Waals surface area contributed by atoms with Gasteiger partial charge in [-0.3, -0.25) is 4.79 Å². The second-order valence-electron chi connectivity index (χ2n) is 7.02. The summed E-state index contributed by atoms with van der Waals surface area (Å²) in [5.41, 5.74) is 0. The molecular formula is C17H35N3O. The highest BCUT2D eigenvalue weighted by Crippen LogP contribution is 2.20. The molecule has 4 heteroatoms. The maximum atomic E-state index is 12.0. The maximum Gasteiger partial charge on any atom is 0.236 e. The molecule has 1 saturated heterocycles. The molecule has 4 nitrogen and oxygen atoms in total. The van der Waals surface area contributed by atoms with Crippen molar-refractivity contribution in [3.63, 3.8) is 0 Å². The molecule has 1 rings (SSSR count). The average molecular weight is 297 g/mol. The first-order valence-corrected chi connectivity index (χ1v) is 8.70. The second kappa shape index (κ2) is 9.42. The van der Waals surface area contributed by atoms with E-state index in [0.717, 1.165) is 6.54 Å². The Kier molecular flexibility index (Phi) is 8.27. The van der Waals surface area contributed by atoms with Crippen LogP contribution in [0.2, 0.25) is 0 Å². The molecular weight excluding hydrogens is 262 g/mol. The van der Waals surface area contributed by atoms with Crippen molar-refractivity contribution in [2.24, 2.45) is 11.8 Å². The molecule has 3 atom stereocenters. The van der Waals surface area contributed by atoms with Gasteiger partial charge in [-0.15, -0.1) is 0 Å². The zero-order chi connectivity index (χ0) is 15.8. The predicted molar refractivity (Wildman–Crippen MR) is 89.4 cm³/mol. The number of nitrogens with one attached hydrogen (secondary N) is 2. The van der Waals surface area contributed by atoms with Crippen LogP contribution < -0.4 is 10.6 Å². The Hall–Kier alpha value is -0.610. The molecule has 0 radical (unpaired) electrons. The van der Waals surface area contributed by atoms with Gasteiger partial charge in [0.25, 0.3) is 0 Å². The summed E-state index contributed by atoms with van der Waals surface area (Å²) in [5, 5.41) is 6.50. The molecule has 1 heterocycles. The summed E-state index contributed by atoms with van der Waals surface area (Å²) >= 11 is 0. The lowest BCUT2D eigenvalue weighted by Gasteiger charge is -2.36.